The van der Waals surface area contributed by atoms with Crippen LogP contribution >= 0.6 is 23.4 Å². The molecule has 0 unspecified atom stereocenters. The number of aromatic nitrogens is 2. The Hall–Kier alpha value is -1.01. The molecule has 2 aromatic rings. The molecule has 0 bridgehead atoms. The van der Waals surface area contributed by atoms with Crippen molar-refractivity contribution in [2.75, 3.05) is 13.2 Å². The molecule has 0 amide bonds. The zero-order valence-corrected chi connectivity index (χ0v) is 14.6. The maximum absolute atomic E-state index is 8.81. The fraction of sp³-hybridized carbons (Fsp3) is 0.438. The molecule has 2 rings (SSSR count). The third kappa shape index (κ3) is 4.26. The van der Waals surface area contributed by atoms with Gasteiger partial charge in [0.05, 0.1) is 18.9 Å². The number of halogens is 1. The Labute approximate surface area is 140 Å². The Morgan fingerprint density at radius 3 is 2.82 bits per heavy atom. The molecule has 0 aliphatic rings. The van der Waals surface area contributed by atoms with Crippen LogP contribution < -0.4 is 0 Å². The van der Waals surface area contributed by atoms with Gasteiger partial charge in [-0.25, -0.2) is 4.98 Å². The summed E-state index contributed by atoms with van der Waals surface area (Å²) in [6.45, 7) is 4.99. The molecule has 0 fully saturated rings. The first kappa shape index (κ1) is 17.3. The van der Waals surface area contributed by atoms with Crippen molar-refractivity contribution in [3.05, 3.63) is 40.8 Å². The van der Waals surface area contributed by atoms with Crippen molar-refractivity contribution in [3.8, 4) is 0 Å². The van der Waals surface area contributed by atoms with Crippen LogP contribution in [0.5, 0.6) is 0 Å². The maximum Gasteiger partial charge on any atom is 0.135 e. The highest BCUT2D eigenvalue weighted by atomic mass is 35.5. The molecule has 0 saturated heterocycles. The molecule has 0 atom stereocenters. The number of ether oxygens (including phenoxy) is 1. The number of hydrogen-bond donors (Lipinski definition) is 1. The van der Waals surface area contributed by atoms with Crippen molar-refractivity contribution >= 4 is 23.4 Å². The van der Waals surface area contributed by atoms with Gasteiger partial charge in [0.25, 0.3) is 0 Å². The van der Waals surface area contributed by atoms with E-state index in [1.165, 1.54) is 0 Å². The summed E-state index contributed by atoms with van der Waals surface area (Å²) in [6, 6.07) is 7.80. The average molecular weight is 341 g/mol. The van der Waals surface area contributed by atoms with Gasteiger partial charge in [0.1, 0.15) is 17.5 Å². The number of benzene rings is 1. The number of hydrogen-bond acceptors (Lipinski definition) is 4. The predicted octanol–water partition coefficient (Wildman–Crippen LogP) is 3.86. The first-order valence-electron chi connectivity index (χ1n) is 7.20. The standard InChI is InChI=1S/C16H21ClN2O2S/c1-11(2)15-16(22-13-6-4-5-12(17)9-13)19(3)14(18-15)10-21-8-7-20/h4-6,9,11,20H,7-8,10H2,1-3H3. The lowest BCUT2D eigenvalue weighted by Gasteiger charge is -2.09. The summed E-state index contributed by atoms with van der Waals surface area (Å²) in [6.07, 6.45) is 0. The average Bonchev–Trinajstić information content (AvgIpc) is 2.77. The van der Waals surface area contributed by atoms with E-state index in [0.29, 0.717) is 19.1 Å². The molecule has 0 aliphatic carbocycles. The second-order valence-corrected chi connectivity index (χ2v) is 6.77. The van der Waals surface area contributed by atoms with Gasteiger partial charge >= 0.3 is 0 Å². The smallest absolute Gasteiger partial charge is 0.135 e. The Balaban J connectivity index is 2.28. The summed E-state index contributed by atoms with van der Waals surface area (Å²) in [5, 5.41) is 10.6. The predicted molar refractivity (Wildman–Crippen MR) is 89.6 cm³/mol. The summed E-state index contributed by atoms with van der Waals surface area (Å²) in [5.74, 6) is 1.18. The normalized spacial score (nSPS) is 11.4. The van der Waals surface area contributed by atoms with Gasteiger partial charge in [0.2, 0.25) is 0 Å². The largest absolute Gasteiger partial charge is 0.394 e. The van der Waals surface area contributed by atoms with Crippen molar-refractivity contribution in [1.82, 2.24) is 9.55 Å². The van der Waals surface area contributed by atoms with E-state index >= 15 is 0 Å². The number of imidazole rings is 1. The third-order valence-electron chi connectivity index (χ3n) is 3.18. The van der Waals surface area contributed by atoms with Crippen molar-refractivity contribution in [1.29, 1.82) is 0 Å². The topological polar surface area (TPSA) is 47.3 Å². The van der Waals surface area contributed by atoms with Crippen LogP contribution in [0, 0.1) is 0 Å². The summed E-state index contributed by atoms with van der Waals surface area (Å²) >= 11 is 7.72. The number of nitrogens with zero attached hydrogens (tertiary/aromatic N) is 2. The molecule has 0 aliphatic heterocycles. The van der Waals surface area contributed by atoms with Crippen molar-refractivity contribution in [3.63, 3.8) is 0 Å². The number of aliphatic hydroxyl groups is 1. The zero-order valence-electron chi connectivity index (χ0n) is 13.0. The van der Waals surface area contributed by atoms with E-state index in [9.17, 15) is 0 Å². The Kier molecular flexibility index (Phi) is 6.32. The first-order valence-corrected chi connectivity index (χ1v) is 8.40. The first-order chi connectivity index (χ1) is 10.5. The maximum atomic E-state index is 8.81. The second-order valence-electron chi connectivity index (χ2n) is 5.27. The molecular formula is C16H21ClN2O2S. The minimum Gasteiger partial charge on any atom is -0.394 e. The molecule has 0 saturated carbocycles. The Morgan fingerprint density at radius 2 is 2.18 bits per heavy atom. The molecule has 1 aromatic heterocycles. The fourth-order valence-electron chi connectivity index (χ4n) is 2.05. The molecule has 120 valence electrons. The Bertz CT molecular complexity index is 629. The van der Waals surface area contributed by atoms with Crippen LogP contribution in [0.3, 0.4) is 0 Å². The SMILES string of the molecule is CC(C)c1nc(COCCO)n(C)c1Sc1cccc(Cl)c1. The summed E-state index contributed by atoms with van der Waals surface area (Å²) in [5.41, 5.74) is 1.05. The van der Waals surface area contributed by atoms with Crippen molar-refractivity contribution in [2.45, 2.75) is 36.3 Å². The molecule has 6 heteroatoms. The van der Waals surface area contributed by atoms with Gasteiger partial charge in [0.15, 0.2) is 0 Å². The van der Waals surface area contributed by atoms with Crippen molar-refractivity contribution < 1.29 is 9.84 Å². The van der Waals surface area contributed by atoms with Crippen LogP contribution in [-0.2, 0) is 18.4 Å². The van der Waals surface area contributed by atoms with Gasteiger partial charge in [-0.1, -0.05) is 43.3 Å². The summed E-state index contributed by atoms with van der Waals surface area (Å²) < 4.78 is 7.46. The van der Waals surface area contributed by atoms with E-state index in [0.717, 1.165) is 26.5 Å². The van der Waals surface area contributed by atoms with E-state index in [2.05, 4.69) is 18.4 Å². The van der Waals surface area contributed by atoms with E-state index in [1.807, 2.05) is 31.3 Å². The lowest BCUT2D eigenvalue weighted by Crippen LogP contribution is -2.05. The molecule has 4 nitrogen and oxygen atoms in total. The minimum absolute atomic E-state index is 0.0194. The molecule has 0 spiro atoms. The van der Waals surface area contributed by atoms with Crippen LogP contribution in [0.4, 0.5) is 0 Å². The summed E-state index contributed by atoms with van der Waals surface area (Å²) in [4.78, 5) is 5.79. The van der Waals surface area contributed by atoms with E-state index in [1.54, 1.807) is 11.8 Å². The van der Waals surface area contributed by atoms with E-state index < -0.39 is 0 Å². The van der Waals surface area contributed by atoms with Crippen LogP contribution in [0.2, 0.25) is 5.02 Å². The minimum atomic E-state index is 0.0194. The van der Waals surface area contributed by atoms with Gasteiger partial charge in [-0.15, -0.1) is 0 Å². The molecule has 1 aromatic carbocycles. The van der Waals surface area contributed by atoms with Crippen LogP contribution in [0.1, 0.15) is 31.3 Å². The van der Waals surface area contributed by atoms with Gasteiger partial charge in [-0.2, -0.15) is 0 Å². The monoisotopic (exact) mass is 340 g/mol. The van der Waals surface area contributed by atoms with Gasteiger partial charge in [0, 0.05) is 17.0 Å². The van der Waals surface area contributed by atoms with Crippen LogP contribution in [0.15, 0.2) is 34.2 Å². The fourth-order valence-corrected chi connectivity index (χ4v) is 3.49. The number of aliphatic hydroxyl groups excluding tert-OH is 1. The molecule has 22 heavy (non-hydrogen) atoms. The lowest BCUT2D eigenvalue weighted by atomic mass is 10.2. The highest BCUT2D eigenvalue weighted by molar-refractivity contribution is 7.99. The quantitative estimate of drug-likeness (QED) is 0.777. The highest BCUT2D eigenvalue weighted by Crippen LogP contribution is 2.35. The zero-order chi connectivity index (χ0) is 16.1. The third-order valence-corrected chi connectivity index (χ3v) is 4.59. The van der Waals surface area contributed by atoms with E-state index in [-0.39, 0.29) is 6.61 Å². The molecule has 1 heterocycles. The molecule has 0 radical (unpaired) electrons. The second kappa shape index (κ2) is 8.02. The number of rotatable bonds is 7. The summed E-state index contributed by atoms with van der Waals surface area (Å²) in [7, 11) is 1.99. The van der Waals surface area contributed by atoms with Gasteiger partial charge < -0.3 is 14.4 Å². The van der Waals surface area contributed by atoms with E-state index in [4.69, 9.17) is 26.4 Å². The molecular weight excluding hydrogens is 320 g/mol. The van der Waals surface area contributed by atoms with Crippen LogP contribution in [-0.4, -0.2) is 27.9 Å². The highest BCUT2D eigenvalue weighted by Gasteiger charge is 2.18. The van der Waals surface area contributed by atoms with Gasteiger partial charge in [-0.3, -0.25) is 0 Å². The van der Waals surface area contributed by atoms with Crippen molar-refractivity contribution in [2.24, 2.45) is 7.05 Å². The van der Waals surface area contributed by atoms with Crippen LogP contribution in [0.25, 0.3) is 0 Å². The molecule has 1 N–H and O–H groups in total. The lowest BCUT2D eigenvalue weighted by molar-refractivity contribution is 0.0762. The van der Waals surface area contributed by atoms with Gasteiger partial charge in [-0.05, 0) is 24.1 Å². The Morgan fingerprint density at radius 1 is 1.41 bits per heavy atom.